The summed E-state index contributed by atoms with van der Waals surface area (Å²) in [5.74, 6) is -0.417. The summed E-state index contributed by atoms with van der Waals surface area (Å²) in [7, 11) is 0. The Morgan fingerprint density at radius 2 is 1.88 bits per heavy atom. The Kier molecular flexibility index (Phi) is 3.62. The van der Waals surface area contributed by atoms with Crippen molar-refractivity contribution in [2.75, 3.05) is 0 Å². The summed E-state index contributed by atoms with van der Waals surface area (Å²) in [6, 6.07) is 23.0. The standard InChI is InChI=1S/C20H14BrN2O/c21-14-6-3-5-13(11-14)12-23-17-9-2-1-7-15(17)19-16(20(22)24)8-4-10-18(19)23/h1-6,8-11H,12H2,(H2,22,24). The number of carbonyl (C=O) groups excluding carboxylic acids is 1. The molecule has 4 aromatic rings. The molecular weight excluding hydrogens is 364 g/mol. The molecule has 3 nitrogen and oxygen atoms in total. The van der Waals surface area contributed by atoms with E-state index in [-0.39, 0.29) is 0 Å². The van der Waals surface area contributed by atoms with Gasteiger partial charge in [-0.15, -0.1) is 0 Å². The molecule has 1 radical (unpaired) electrons. The van der Waals surface area contributed by atoms with Crippen LogP contribution in [0.15, 0.2) is 65.1 Å². The van der Waals surface area contributed by atoms with E-state index in [4.69, 9.17) is 5.73 Å². The van der Waals surface area contributed by atoms with Crippen LogP contribution in [-0.2, 0) is 6.54 Å². The van der Waals surface area contributed by atoms with Gasteiger partial charge in [0.05, 0.1) is 11.0 Å². The van der Waals surface area contributed by atoms with Gasteiger partial charge in [0.25, 0.3) is 0 Å². The van der Waals surface area contributed by atoms with Crippen molar-refractivity contribution in [1.29, 1.82) is 0 Å². The summed E-state index contributed by atoms with van der Waals surface area (Å²) in [6.45, 7) is 0.708. The van der Waals surface area contributed by atoms with Crippen LogP contribution >= 0.6 is 15.9 Å². The number of fused-ring (bicyclic) bond motifs is 3. The van der Waals surface area contributed by atoms with Crippen LogP contribution in [0.2, 0.25) is 0 Å². The number of nitrogens with two attached hydrogens (primary N) is 1. The highest BCUT2D eigenvalue weighted by Crippen LogP contribution is 2.32. The summed E-state index contributed by atoms with van der Waals surface area (Å²) in [5.41, 5.74) is 9.33. The lowest BCUT2D eigenvalue weighted by atomic mass is 10.1. The fourth-order valence-corrected chi connectivity index (χ4v) is 3.65. The second kappa shape index (κ2) is 5.80. The minimum atomic E-state index is -0.417. The lowest BCUT2D eigenvalue weighted by molar-refractivity contribution is 0.100. The molecule has 0 unspecified atom stereocenters. The van der Waals surface area contributed by atoms with Crippen molar-refractivity contribution in [1.82, 2.24) is 4.57 Å². The van der Waals surface area contributed by atoms with Crippen molar-refractivity contribution in [2.24, 2.45) is 5.73 Å². The van der Waals surface area contributed by atoms with Gasteiger partial charge < -0.3 is 10.3 Å². The fourth-order valence-electron chi connectivity index (χ4n) is 3.20. The quantitative estimate of drug-likeness (QED) is 0.561. The topological polar surface area (TPSA) is 48.0 Å². The molecule has 0 bridgehead atoms. The van der Waals surface area contributed by atoms with Gasteiger partial charge in [0.2, 0.25) is 5.91 Å². The zero-order valence-corrected chi connectivity index (χ0v) is 14.4. The maximum absolute atomic E-state index is 11.9. The van der Waals surface area contributed by atoms with Gasteiger partial charge in [-0.1, -0.05) is 46.3 Å². The third kappa shape index (κ3) is 2.39. The number of primary amides is 1. The van der Waals surface area contributed by atoms with Crippen LogP contribution in [0.25, 0.3) is 21.8 Å². The molecule has 0 aliphatic heterocycles. The SMILES string of the molecule is NC(=O)c1cccc2c1c1[c]cccc1n2Cc1cccc(Br)c1. The molecule has 1 aromatic heterocycles. The predicted molar refractivity (Wildman–Crippen MR) is 100 cm³/mol. The van der Waals surface area contributed by atoms with Gasteiger partial charge in [0, 0.05) is 27.4 Å². The van der Waals surface area contributed by atoms with Gasteiger partial charge in [-0.3, -0.25) is 4.79 Å². The molecular formula is C20H14BrN2O. The molecule has 1 amide bonds. The molecule has 4 rings (SSSR count). The van der Waals surface area contributed by atoms with Crippen molar-refractivity contribution in [3.63, 3.8) is 0 Å². The smallest absolute Gasteiger partial charge is 0.249 e. The highest BCUT2D eigenvalue weighted by atomic mass is 79.9. The third-order valence-electron chi connectivity index (χ3n) is 4.20. The van der Waals surface area contributed by atoms with Crippen LogP contribution in [0.1, 0.15) is 15.9 Å². The highest BCUT2D eigenvalue weighted by Gasteiger charge is 2.16. The maximum atomic E-state index is 11.9. The zero-order chi connectivity index (χ0) is 16.7. The van der Waals surface area contributed by atoms with Crippen molar-refractivity contribution in [3.8, 4) is 0 Å². The second-order valence-electron chi connectivity index (χ2n) is 5.71. The van der Waals surface area contributed by atoms with E-state index in [9.17, 15) is 4.79 Å². The van der Waals surface area contributed by atoms with E-state index in [0.29, 0.717) is 12.1 Å². The molecule has 0 atom stereocenters. The normalized spacial score (nSPS) is 11.2. The summed E-state index contributed by atoms with van der Waals surface area (Å²) in [5, 5.41) is 1.80. The Labute approximate surface area is 147 Å². The zero-order valence-electron chi connectivity index (χ0n) is 12.8. The van der Waals surface area contributed by atoms with Crippen molar-refractivity contribution in [3.05, 3.63) is 82.3 Å². The fraction of sp³-hybridized carbons (Fsp3) is 0.0500. The van der Waals surface area contributed by atoms with E-state index in [1.54, 1.807) is 6.07 Å². The molecule has 0 saturated heterocycles. The molecule has 0 saturated carbocycles. The van der Waals surface area contributed by atoms with E-state index in [2.05, 4.69) is 44.8 Å². The van der Waals surface area contributed by atoms with Crippen LogP contribution < -0.4 is 5.73 Å². The van der Waals surface area contributed by atoms with E-state index >= 15 is 0 Å². The number of amides is 1. The van der Waals surface area contributed by atoms with Crippen molar-refractivity contribution in [2.45, 2.75) is 6.54 Å². The van der Waals surface area contributed by atoms with E-state index in [1.165, 1.54) is 5.56 Å². The summed E-state index contributed by atoms with van der Waals surface area (Å²) < 4.78 is 3.25. The lowest BCUT2D eigenvalue weighted by Gasteiger charge is -2.08. The van der Waals surface area contributed by atoms with Gasteiger partial charge in [0.15, 0.2) is 0 Å². The molecule has 0 spiro atoms. The molecule has 0 aliphatic rings. The summed E-state index contributed by atoms with van der Waals surface area (Å²) >= 11 is 3.52. The molecule has 3 aromatic carbocycles. The number of hydrogen-bond donors (Lipinski definition) is 1. The van der Waals surface area contributed by atoms with Gasteiger partial charge in [-0.05, 0) is 42.0 Å². The number of halogens is 1. The van der Waals surface area contributed by atoms with Crippen LogP contribution in [-0.4, -0.2) is 10.5 Å². The monoisotopic (exact) mass is 377 g/mol. The van der Waals surface area contributed by atoms with Crippen LogP contribution in [0.4, 0.5) is 0 Å². The van der Waals surface area contributed by atoms with Gasteiger partial charge in [0.1, 0.15) is 0 Å². The predicted octanol–water partition coefficient (Wildman–Crippen LogP) is 4.50. The summed E-state index contributed by atoms with van der Waals surface area (Å²) in [6.07, 6.45) is 0. The number of benzene rings is 3. The summed E-state index contributed by atoms with van der Waals surface area (Å²) in [4.78, 5) is 11.9. The maximum Gasteiger partial charge on any atom is 0.249 e. The van der Waals surface area contributed by atoms with Gasteiger partial charge in [-0.25, -0.2) is 0 Å². The first-order chi connectivity index (χ1) is 11.6. The van der Waals surface area contributed by atoms with E-state index < -0.39 is 5.91 Å². The molecule has 117 valence electrons. The minimum Gasteiger partial charge on any atom is -0.366 e. The molecule has 24 heavy (non-hydrogen) atoms. The first-order valence-corrected chi connectivity index (χ1v) is 8.40. The Morgan fingerprint density at radius 3 is 2.67 bits per heavy atom. The minimum absolute atomic E-state index is 0.417. The van der Waals surface area contributed by atoms with Crippen molar-refractivity contribution < 1.29 is 4.79 Å². The van der Waals surface area contributed by atoms with Crippen LogP contribution in [0.3, 0.4) is 0 Å². The number of nitrogens with zero attached hydrogens (tertiary/aromatic N) is 1. The average molecular weight is 378 g/mol. The van der Waals surface area contributed by atoms with Crippen LogP contribution in [0.5, 0.6) is 0 Å². The van der Waals surface area contributed by atoms with E-state index in [1.807, 2.05) is 36.4 Å². The largest absolute Gasteiger partial charge is 0.366 e. The third-order valence-corrected chi connectivity index (χ3v) is 4.70. The molecule has 0 aliphatic carbocycles. The number of hydrogen-bond acceptors (Lipinski definition) is 1. The average Bonchev–Trinajstić information content (AvgIpc) is 2.89. The Morgan fingerprint density at radius 1 is 1.08 bits per heavy atom. The number of aromatic nitrogens is 1. The molecule has 1 heterocycles. The Balaban J connectivity index is 2.03. The van der Waals surface area contributed by atoms with Gasteiger partial charge >= 0.3 is 0 Å². The van der Waals surface area contributed by atoms with E-state index in [0.717, 1.165) is 26.3 Å². The molecule has 0 fully saturated rings. The first-order valence-electron chi connectivity index (χ1n) is 7.61. The Hall–Kier alpha value is -2.59. The van der Waals surface area contributed by atoms with Gasteiger partial charge in [-0.2, -0.15) is 0 Å². The lowest BCUT2D eigenvalue weighted by Crippen LogP contribution is -2.11. The molecule has 4 heteroatoms. The van der Waals surface area contributed by atoms with Crippen molar-refractivity contribution >= 4 is 43.6 Å². The molecule has 2 N–H and O–H groups in total. The second-order valence-corrected chi connectivity index (χ2v) is 6.63. The first kappa shape index (κ1) is 15.0. The highest BCUT2D eigenvalue weighted by molar-refractivity contribution is 9.10. The van der Waals surface area contributed by atoms with Crippen LogP contribution in [0, 0.1) is 6.07 Å². The number of carbonyl (C=O) groups is 1. The number of rotatable bonds is 3. The Bertz CT molecular complexity index is 1080.